The van der Waals surface area contributed by atoms with Gasteiger partial charge in [-0.25, -0.2) is 4.79 Å². The number of hydrogen-bond donors (Lipinski definition) is 2. The molecule has 4 atom stereocenters. The summed E-state index contributed by atoms with van der Waals surface area (Å²) in [5.41, 5.74) is 1.22. The third-order valence-corrected chi connectivity index (χ3v) is 18.3. The summed E-state index contributed by atoms with van der Waals surface area (Å²) in [4.78, 5) is 17.3. The van der Waals surface area contributed by atoms with Gasteiger partial charge in [0.1, 0.15) is 24.1 Å². The lowest BCUT2D eigenvalue weighted by molar-refractivity contribution is -0.0600. The van der Waals surface area contributed by atoms with E-state index in [4.69, 9.17) is 17.7 Å². The van der Waals surface area contributed by atoms with Crippen molar-refractivity contribution in [3.63, 3.8) is 0 Å². The van der Waals surface area contributed by atoms with Gasteiger partial charge in [-0.2, -0.15) is 4.98 Å². The van der Waals surface area contributed by atoms with Crippen molar-refractivity contribution >= 4 is 22.9 Å². The molecule has 2 N–H and O–H groups in total. The van der Waals surface area contributed by atoms with Gasteiger partial charge in [-0.15, -0.1) is 0 Å². The van der Waals surface area contributed by atoms with Crippen molar-refractivity contribution in [3.05, 3.63) is 58.6 Å². The summed E-state index contributed by atoms with van der Waals surface area (Å²) in [6.07, 6.45) is -1.62. The molecule has 3 heterocycles. The number of aliphatic hydroxyl groups is 1. The zero-order valence-corrected chi connectivity index (χ0v) is 26.5. The Morgan fingerprint density at radius 3 is 2.15 bits per heavy atom. The van der Waals surface area contributed by atoms with E-state index in [1.165, 1.54) is 4.57 Å². The number of rotatable bonds is 8. The molecule has 2 aromatic rings. The Labute approximate surface area is 234 Å². The van der Waals surface area contributed by atoms with E-state index in [9.17, 15) is 9.90 Å². The van der Waals surface area contributed by atoms with Crippen LogP contribution < -0.4 is 11.0 Å². The molecule has 11 heteroatoms. The molecule has 0 spiro atoms. The van der Waals surface area contributed by atoms with E-state index < -0.39 is 47.4 Å². The van der Waals surface area contributed by atoms with Crippen LogP contribution in [0.2, 0.25) is 22.2 Å². The van der Waals surface area contributed by atoms with E-state index in [1.807, 2.05) is 30.3 Å². The van der Waals surface area contributed by atoms with Gasteiger partial charge in [0.2, 0.25) is 0 Å². The van der Waals surface area contributed by atoms with Crippen LogP contribution in [0.4, 0.5) is 5.82 Å². The van der Waals surface area contributed by atoms with Gasteiger partial charge < -0.3 is 28.1 Å². The largest absolute Gasteiger partial charge is 0.414 e. The number of aromatic nitrogens is 2. The maximum absolute atomic E-state index is 13.1. The zero-order valence-electron chi connectivity index (χ0n) is 24.5. The fourth-order valence-electron chi connectivity index (χ4n) is 5.86. The number of benzene rings is 1. The highest BCUT2D eigenvalue weighted by molar-refractivity contribution is 6.84. The molecule has 9 nitrogen and oxygen atoms in total. The minimum Gasteiger partial charge on any atom is -0.414 e. The van der Waals surface area contributed by atoms with E-state index in [0.29, 0.717) is 12.4 Å². The van der Waals surface area contributed by atoms with Crippen molar-refractivity contribution in [1.82, 2.24) is 9.55 Å². The molecule has 2 aliphatic rings. The monoisotopic (exact) mass is 575 g/mol. The zero-order chi connectivity index (χ0) is 28.5. The summed E-state index contributed by atoms with van der Waals surface area (Å²) in [6, 6.07) is 11.6. The molecule has 0 saturated carbocycles. The van der Waals surface area contributed by atoms with Crippen molar-refractivity contribution in [2.24, 2.45) is 0 Å². The van der Waals surface area contributed by atoms with E-state index in [0.717, 1.165) is 5.56 Å². The van der Waals surface area contributed by atoms with Crippen LogP contribution in [0.15, 0.2) is 47.4 Å². The van der Waals surface area contributed by atoms with Crippen molar-refractivity contribution in [2.45, 2.75) is 109 Å². The van der Waals surface area contributed by atoms with Crippen molar-refractivity contribution in [1.29, 1.82) is 0 Å². The maximum atomic E-state index is 13.1. The summed E-state index contributed by atoms with van der Waals surface area (Å²) in [5.74, 6) is 0.460. The van der Waals surface area contributed by atoms with E-state index in [2.05, 4.69) is 65.7 Å². The molecule has 216 valence electrons. The Kier molecular flexibility index (Phi) is 9.21. The Morgan fingerprint density at radius 2 is 1.59 bits per heavy atom. The number of fused-ring (bicyclic) bond motifs is 1. The molecule has 1 aromatic heterocycles. The summed E-state index contributed by atoms with van der Waals surface area (Å²) in [7, 11) is -5.65. The maximum Gasteiger partial charge on any atom is 0.351 e. The van der Waals surface area contributed by atoms with Crippen molar-refractivity contribution in [3.8, 4) is 0 Å². The molecule has 0 radical (unpaired) electrons. The minimum absolute atomic E-state index is 0.120. The number of nitrogens with one attached hydrogen (secondary N) is 1. The third-order valence-electron chi connectivity index (χ3n) is 8.06. The molecule has 2 saturated heterocycles. The topological polar surface area (TPSA) is 104 Å². The summed E-state index contributed by atoms with van der Waals surface area (Å²) in [6.45, 7) is 18.0. The molecule has 39 heavy (non-hydrogen) atoms. The van der Waals surface area contributed by atoms with Crippen LogP contribution in [-0.2, 0) is 24.2 Å². The molecule has 2 fully saturated rings. The van der Waals surface area contributed by atoms with Crippen LogP contribution in [-0.4, -0.2) is 56.7 Å². The van der Waals surface area contributed by atoms with E-state index >= 15 is 0 Å². The predicted molar refractivity (Wildman–Crippen MR) is 156 cm³/mol. The Morgan fingerprint density at radius 1 is 0.974 bits per heavy atom. The van der Waals surface area contributed by atoms with Crippen LogP contribution in [0.5, 0.6) is 0 Å². The third kappa shape index (κ3) is 5.81. The molecule has 4 rings (SSSR count). The number of aliphatic hydroxyl groups excluding tert-OH is 1. The smallest absolute Gasteiger partial charge is 0.351 e. The lowest BCUT2D eigenvalue weighted by atomic mass is 10.1. The molecule has 1 aromatic carbocycles. The van der Waals surface area contributed by atoms with Crippen LogP contribution >= 0.6 is 0 Å². The lowest BCUT2D eigenvalue weighted by Crippen LogP contribution is -2.65. The van der Waals surface area contributed by atoms with E-state index in [1.54, 1.807) is 12.3 Å². The Balaban J connectivity index is 1.62. The highest BCUT2D eigenvalue weighted by atomic mass is 28.5. The second kappa shape index (κ2) is 11.9. The standard InChI is InChI=1S/C28H45N3O6Si2/c1-18(2)38(19(3)4)34-17-23-26(36-39(37-38,20(5)6)21(7)8)25(32)27(35-23)31-15-14-24(30-28(31)33)29-16-22-12-10-9-11-13-22/h9-15,18-21,23,25-27,32H,16-17H2,1-8H3,(H,29,30,33)/t23-,25-,26-,27-/m1/s1. The first-order valence-electron chi connectivity index (χ1n) is 14.1. The van der Waals surface area contributed by atoms with Crippen LogP contribution in [0, 0.1) is 0 Å². The highest BCUT2D eigenvalue weighted by Crippen LogP contribution is 2.48. The minimum atomic E-state index is -2.92. The van der Waals surface area contributed by atoms with Gasteiger partial charge >= 0.3 is 22.8 Å². The van der Waals surface area contributed by atoms with Crippen molar-refractivity contribution < 1.29 is 22.8 Å². The number of hydrogen-bond acceptors (Lipinski definition) is 8. The van der Waals surface area contributed by atoms with Gasteiger partial charge in [0.25, 0.3) is 0 Å². The molecule has 2 aliphatic heterocycles. The number of nitrogens with zero attached hydrogens (tertiary/aromatic N) is 2. The van der Waals surface area contributed by atoms with Crippen molar-refractivity contribution in [2.75, 3.05) is 11.9 Å². The molecular formula is C28H45N3O6Si2. The van der Waals surface area contributed by atoms with Gasteiger partial charge in [0.05, 0.1) is 6.61 Å². The Hall–Kier alpha value is -1.87. The fourth-order valence-corrected chi connectivity index (χ4v) is 17.1. The van der Waals surface area contributed by atoms with Crippen LogP contribution in [0.1, 0.15) is 67.2 Å². The average molecular weight is 576 g/mol. The predicted octanol–water partition coefficient (Wildman–Crippen LogP) is 5.07. The van der Waals surface area contributed by atoms with Crippen LogP contribution in [0.3, 0.4) is 0 Å². The molecule has 0 amide bonds. The van der Waals surface area contributed by atoms with E-state index in [-0.39, 0.29) is 28.8 Å². The Bertz CT molecular complexity index is 1140. The number of anilines is 1. The van der Waals surface area contributed by atoms with Gasteiger partial charge in [0.15, 0.2) is 6.23 Å². The van der Waals surface area contributed by atoms with Gasteiger partial charge in [0, 0.05) is 12.7 Å². The molecule has 0 aliphatic carbocycles. The summed E-state index contributed by atoms with van der Waals surface area (Å²) >= 11 is 0. The van der Waals surface area contributed by atoms with Gasteiger partial charge in [-0.3, -0.25) is 4.57 Å². The van der Waals surface area contributed by atoms with Gasteiger partial charge in [-0.05, 0) is 33.8 Å². The first kappa shape index (κ1) is 30.1. The lowest BCUT2D eigenvalue weighted by Gasteiger charge is -2.51. The van der Waals surface area contributed by atoms with Gasteiger partial charge in [-0.1, -0.05) is 85.7 Å². The molecule has 0 unspecified atom stereocenters. The summed E-state index contributed by atoms with van der Waals surface area (Å²) < 4.78 is 28.6. The first-order valence-corrected chi connectivity index (χ1v) is 18.1. The molecule has 0 bridgehead atoms. The summed E-state index contributed by atoms with van der Waals surface area (Å²) in [5, 5.41) is 14.7. The second-order valence-corrected chi connectivity index (χ2v) is 20.8. The quantitative estimate of drug-likeness (QED) is 0.421. The first-order chi connectivity index (χ1) is 18.4. The fraction of sp³-hybridized carbons (Fsp3) is 0.643. The average Bonchev–Trinajstić information content (AvgIpc) is 3.16. The SMILES string of the molecule is CC(C)[Si]1(C(C)C)OC[C@H]2O[C@@H](n3ccc(NCc4ccccc4)nc3=O)[C@H](O)[C@@H]2O[Si](C(C)C)(C(C)C)O1. The molecular weight excluding hydrogens is 530 g/mol. The number of ether oxygens (including phenoxy) is 1. The van der Waals surface area contributed by atoms with Crippen LogP contribution in [0.25, 0.3) is 0 Å². The normalized spacial score (nSPS) is 26.6. The highest BCUT2D eigenvalue weighted by Gasteiger charge is 2.61. The second-order valence-electron chi connectivity index (χ2n) is 12.0.